The summed E-state index contributed by atoms with van der Waals surface area (Å²) >= 11 is 0. The van der Waals surface area contributed by atoms with Crippen molar-refractivity contribution in [2.75, 3.05) is 6.54 Å². The van der Waals surface area contributed by atoms with E-state index in [1.807, 2.05) is 30.3 Å². The minimum Gasteiger partial charge on any atom is -0.475 e. The Bertz CT molecular complexity index is 1030. The third-order valence-electron chi connectivity index (χ3n) is 3.96. The largest absolute Gasteiger partial charge is 0.475 e. The van der Waals surface area contributed by atoms with Crippen LogP contribution in [-0.4, -0.2) is 26.0 Å². The quantitative estimate of drug-likeness (QED) is 0.618. The van der Waals surface area contributed by atoms with E-state index < -0.39 is 16.0 Å². The van der Waals surface area contributed by atoms with Crippen LogP contribution in [0, 0.1) is 6.92 Å². The lowest BCUT2D eigenvalue weighted by molar-refractivity contribution is 0.0664. The van der Waals surface area contributed by atoms with Crippen molar-refractivity contribution in [2.24, 2.45) is 0 Å². The Balaban J connectivity index is 0.00000182. The predicted octanol–water partition coefficient (Wildman–Crippen LogP) is 3.80. The molecule has 6 nitrogen and oxygen atoms in total. The number of halogens is 2. The van der Waals surface area contributed by atoms with Crippen molar-refractivity contribution in [1.29, 1.82) is 0 Å². The maximum atomic E-state index is 12.5. The third kappa shape index (κ3) is 5.01. The first-order valence-electron chi connectivity index (χ1n) is 7.68. The molecule has 1 heterocycles. The van der Waals surface area contributed by atoms with Gasteiger partial charge in [0.05, 0.1) is 4.90 Å². The molecule has 0 bridgehead atoms. The zero-order valence-corrected chi connectivity index (χ0v) is 16.8. The normalized spacial score (nSPS) is 10.9. The number of carbonyl (C=O) groups is 1. The Morgan fingerprint density at radius 1 is 1.11 bits per heavy atom. The smallest absolute Gasteiger partial charge is 0.372 e. The standard InChI is InChI=1S/C18H17NO5S.2ClH/c1-12-15-11-14(7-8-16(15)24-17(12)18(20)21)25(22,23)19-10-9-13-5-3-2-4-6-13;;/h2-8,11,19H,9-10H2,1H3,(H,20,21);2*1H. The van der Waals surface area contributed by atoms with Gasteiger partial charge in [0.15, 0.2) is 0 Å². The molecule has 1 aromatic heterocycles. The molecule has 0 unspecified atom stereocenters. The second-order valence-corrected chi connectivity index (χ2v) is 7.42. The zero-order valence-electron chi connectivity index (χ0n) is 14.3. The van der Waals surface area contributed by atoms with Gasteiger partial charge >= 0.3 is 5.97 Å². The number of rotatable bonds is 6. The van der Waals surface area contributed by atoms with Gasteiger partial charge in [0.2, 0.25) is 15.8 Å². The lowest BCUT2D eigenvalue weighted by Crippen LogP contribution is -2.25. The van der Waals surface area contributed by atoms with E-state index >= 15 is 0 Å². The highest BCUT2D eigenvalue weighted by atomic mass is 35.5. The highest BCUT2D eigenvalue weighted by molar-refractivity contribution is 7.89. The van der Waals surface area contributed by atoms with E-state index in [4.69, 9.17) is 9.52 Å². The Morgan fingerprint density at radius 2 is 1.78 bits per heavy atom. The van der Waals surface area contributed by atoms with Crippen LogP contribution in [0.25, 0.3) is 11.0 Å². The summed E-state index contributed by atoms with van der Waals surface area (Å²) in [4.78, 5) is 11.2. The summed E-state index contributed by atoms with van der Waals surface area (Å²) < 4.78 is 32.7. The number of aromatic carboxylic acids is 1. The molecule has 146 valence electrons. The number of nitrogens with one attached hydrogen (secondary N) is 1. The topological polar surface area (TPSA) is 96.6 Å². The molecule has 27 heavy (non-hydrogen) atoms. The van der Waals surface area contributed by atoms with Crippen LogP contribution >= 0.6 is 24.8 Å². The van der Waals surface area contributed by atoms with Gasteiger partial charge in [-0.2, -0.15) is 0 Å². The zero-order chi connectivity index (χ0) is 18.0. The molecule has 0 aliphatic carbocycles. The van der Waals surface area contributed by atoms with Gasteiger partial charge in [-0.3, -0.25) is 0 Å². The number of benzene rings is 2. The van der Waals surface area contributed by atoms with Crippen molar-refractivity contribution in [1.82, 2.24) is 4.72 Å². The van der Waals surface area contributed by atoms with Crippen LogP contribution in [-0.2, 0) is 16.4 Å². The molecule has 0 amide bonds. The molecule has 0 fully saturated rings. The number of carboxylic acids is 1. The first kappa shape index (κ1) is 23.0. The van der Waals surface area contributed by atoms with Gasteiger partial charge in [0.25, 0.3) is 0 Å². The molecular weight excluding hydrogens is 413 g/mol. The van der Waals surface area contributed by atoms with Crippen LogP contribution in [0.2, 0.25) is 0 Å². The summed E-state index contributed by atoms with van der Waals surface area (Å²) in [6.07, 6.45) is 0.580. The number of carboxylic acid groups (broad SMARTS) is 1. The highest BCUT2D eigenvalue weighted by Gasteiger charge is 2.20. The van der Waals surface area contributed by atoms with Crippen LogP contribution in [0.3, 0.4) is 0 Å². The van der Waals surface area contributed by atoms with Gasteiger partial charge in [-0.25, -0.2) is 17.9 Å². The van der Waals surface area contributed by atoms with E-state index in [0.717, 1.165) is 5.56 Å². The molecule has 2 aromatic carbocycles. The van der Waals surface area contributed by atoms with Crippen LogP contribution in [0.1, 0.15) is 21.7 Å². The summed E-state index contributed by atoms with van der Waals surface area (Å²) in [5.74, 6) is -1.36. The molecule has 0 aliphatic rings. The first-order valence-corrected chi connectivity index (χ1v) is 9.17. The molecule has 0 saturated heterocycles. The number of furan rings is 1. The third-order valence-corrected chi connectivity index (χ3v) is 5.42. The number of aryl methyl sites for hydroxylation is 1. The summed E-state index contributed by atoms with van der Waals surface area (Å²) in [6, 6.07) is 13.9. The van der Waals surface area contributed by atoms with Gasteiger partial charge < -0.3 is 9.52 Å². The van der Waals surface area contributed by atoms with Gasteiger partial charge in [-0.1, -0.05) is 30.3 Å². The summed E-state index contributed by atoms with van der Waals surface area (Å²) in [5.41, 5.74) is 1.79. The van der Waals surface area contributed by atoms with Crippen molar-refractivity contribution in [3.63, 3.8) is 0 Å². The fourth-order valence-corrected chi connectivity index (χ4v) is 3.69. The minimum atomic E-state index is -3.69. The Kier molecular flexibility index (Phi) is 7.86. The molecule has 3 aromatic rings. The fraction of sp³-hybridized carbons (Fsp3) is 0.167. The van der Waals surface area contributed by atoms with Crippen LogP contribution in [0.15, 0.2) is 57.8 Å². The van der Waals surface area contributed by atoms with Crippen molar-refractivity contribution >= 4 is 51.8 Å². The van der Waals surface area contributed by atoms with Crippen LogP contribution in [0.4, 0.5) is 0 Å². The van der Waals surface area contributed by atoms with Gasteiger partial charge in [-0.15, -0.1) is 24.8 Å². The van der Waals surface area contributed by atoms with Gasteiger partial charge in [-0.05, 0) is 37.1 Å². The predicted molar refractivity (Wildman–Crippen MR) is 108 cm³/mol. The Hall–Kier alpha value is -2.06. The average molecular weight is 432 g/mol. The van der Waals surface area contributed by atoms with E-state index in [2.05, 4.69) is 4.72 Å². The molecule has 0 atom stereocenters. The SMILES string of the molecule is Cc1c(C(=O)O)oc2ccc(S(=O)(=O)NCCc3ccccc3)cc12.Cl.Cl. The minimum absolute atomic E-state index is 0. The number of hydrogen-bond acceptors (Lipinski definition) is 4. The number of sulfonamides is 1. The summed E-state index contributed by atoms with van der Waals surface area (Å²) in [5, 5.41) is 9.57. The van der Waals surface area contributed by atoms with E-state index in [1.165, 1.54) is 18.2 Å². The highest BCUT2D eigenvalue weighted by Crippen LogP contribution is 2.27. The van der Waals surface area contributed by atoms with Gasteiger partial charge in [0.1, 0.15) is 5.58 Å². The average Bonchev–Trinajstić information content (AvgIpc) is 2.92. The molecule has 0 radical (unpaired) electrons. The number of hydrogen-bond donors (Lipinski definition) is 2. The lowest BCUT2D eigenvalue weighted by atomic mass is 10.1. The molecule has 2 N–H and O–H groups in total. The molecule has 9 heteroatoms. The Labute approximate surface area is 169 Å². The van der Waals surface area contributed by atoms with E-state index in [-0.39, 0.29) is 42.0 Å². The maximum absolute atomic E-state index is 12.5. The van der Waals surface area contributed by atoms with E-state index in [9.17, 15) is 13.2 Å². The molecular formula is C18H19Cl2NO5S. The second-order valence-electron chi connectivity index (χ2n) is 5.65. The molecule has 3 rings (SSSR count). The Morgan fingerprint density at radius 3 is 2.41 bits per heavy atom. The molecule has 0 saturated carbocycles. The molecule has 0 aliphatic heterocycles. The van der Waals surface area contributed by atoms with Crippen molar-refractivity contribution in [2.45, 2.75) is 18.2 Å². The second kappa shape index (κ2) is 9.23. The van der Waals surface area contributed by atoms with Crippen molar-refractivity contribution in [3.05, 3.63) is 65.4 Å². The monoisotopic (exact) mass is 431 g/mol. The summed E-state index contributed by atoms with van der Waals surface area (Å²) in [7, 11) is -3.69. The first-order chi connectivity index (χ1) is 11.9. The van der Waals surface area contributed by atoms with E-state index in [0.29, 0.717) is 23.0 Å². The van der Waals surface area contributed by atoms with E-state index in [1.54, 1.807) is 6.92 Å². The van der Waals surface area contributed by atoms with Crippen molar-refractivity contribution < 1.29 is 22.7 Å². The van der Waals surface area contributed by atoms with Gasteiger partial charge in [0, 0.05) is 17.5 Å². The summed E-state index contributed by atoms with van der Waals surface area (Å²) in [6.45, 7) is 1.86. The number of fused-ring (bicyclic) bond motifs is 1. The fourth-order valence-electron chi connectivity index (χ4n) is 2.63. The van der Waals surface area contributed by atoms with Crippen LogP contribution < -0.4 is 4.72 Å². The molecule has 0 spiro atoms. The van der Waals surface area contributed by atoms with Crippen LogP contribution in [0.5, 0.6) is 0 Å². The van der Waals surface area contributed by atoms with Crippen molar-refractivity contribution in [3.8, 4) is 0 Å². The lowest BCUT2D eigenvalue weighted by Gasteiger charge is -2.07. The maximum Gasteiger partial charge on any atom is 0.372 e.